The maximum absolute atomic E-state index is 12.4. The Morgan fingerprint density at radius 2 is 2.00 bits per heavy atom. The molecule has 1 aliphatic rings. The number of aromatic nitrogens is 1. The molecule has 0 spiro atoms. The Morgan fingerprint density at radius 1 is 1.37 bits per heavy atom. The number of methoxy groups -OCH3 is 1. The number of nitrogens with zero attached hydrogens (tertiary/aromatic N) is 2. The van der Waals surface area contributed by atoms with Crippen molar-refractivity contribution >= 4 is 35.1 Å². The van der Waals surface area contributed by atoms with Crippen LogP contribution in [0.25, 0.3) is 0 Å². The van der Waals surface area contributed by atoms with Crippen molar-refractivity contribution in [2.24, 2.45) is 0 Å². The molecule has 1 amide bonds. The van der Waals surface area contributed by atoms with Gasteiger partial charge in [0.15, 0.2) is 0 Å². The Morgan fingerprint density at radius 3 is 2.58 bits per heavy atom. The fraction of sp³-hybridized carbons (Fsp3) is 0.417. The van der Waals surface area contributed by atoms with Crippen LogP contribution in [-0.2, 0) is 9.53 Å². The number of likely N-dealkylation sites (tertiary alicyclic amines) is 1. The summed E-state index contributed by atoms with van der Waals surface area (Å²) in [6, 6.07) is 2.33. The van der Waals surface area contributed by atoms with Crippen LogP contribution in [0, 0.1) is 0 Å². The predicted molar refractivity (Wildman–Crippen MR) is 70.3 cm³/mol. The van der Waals surface area contributed by atoms with Gasteiger partial charge in [-0.15, -0.1) is 0 Å². The summed E-state index contributed by atoms with van der Waals surface area (Å²) >= 11 is 11.5. The zero-order valence-corrected chi connectivity index (χ0v) is 11.7. The molecule has 5 nitrogen and oxygen atoms in total. The number of rotatable bonds is 2. The molecule has 0 saturated carbocycles. The van der Waals surface area contributed by atoms with E-state index in [4.69, 9.17) is 27.9 Å². The van der Waals surface area contributed by atoms with Crippen molar-refractivity contribution in [2.45, 2.75) is 18.9 Å². The Labute approximate surface area is 120 Å². The lowest BCUT2D eigenvalue weighted by Gasteiger charge is -2.22. The number of ether oxygens (including phenoxy) is 1. The second-order valence-corrected chi connectivity index (χ2v) is 4.96. The quantitative estimate of drug-likeness (QED) is 0.620. The summed E-state index contributed by atoms with van der Waals surface area (Å²) in [5.41, 5.74) is 0.320. The Bertz CT molecular complexity index is 501. The molecular weight excluding hydrogens is 291 g/mol. The zero-order chi connectivity index (χ0) is 14.0. The summed E-state index contributed by atoms with van der Waals surface area (Å²) in [6.07, 6.45) is 1.36. The van der Waals surface area contributed by atoms with E-state index >= 15 is 0 Å². The number of hydrogen-bond donors (Lipinski definition) is 0. The van der Waals surface area contributed by atoms with E-state index in [1.165, 1.54) is 24.1 Å². The van der Waals surface area contributed by atoms with Crippen molar-refractivity contribution in [3.63, 3.8) is 0 Å². The van der Waals surface area contributed by atoms with Gasteiger partial charge in [-0.3, -0.25) is 4.79 Å². The first-order valence-corrected chi connectivity index (χ1v) is 6.50. The minimum atomic E-state index is -0.539. The molecule has 1 aromatic rings. The molecule has 0 aliphatic carbocycles. The summed E-state index contributed by atoms with van der Waals surface area (Å²) in [4.78, 5) is 29.2. The van der Waals surface area contributed by atoms with Crippen LogP contribution in [0.4, 0.5) is 0 Å². The number of carbonyl (C=O) groups excluding carboxylic acids is 2. The molecule has 1 fully saturated rings. The summed E-state index contributed by atoms with van der Waals surface area (Å²) < 4.78 is 4.70. The van der Waals surface area contributed by atoms with Crippen LogP contribution in [0.2, 0.25) is 10.3 Å². The fourth-order valence-electron chi connectivity index (χ4n) is 2.15. The van der Waals surface area contributed by atoms with Crippen LogP contribution in [0.1, 0.15) is 23.2 Å². The van der Waals surface area contributed by atoms with Gasteiger partial charge >= 0.3 is 5.97 Å². The van der Waals surface area contributed by atoms with E-state index in [0.717, 1.165) is 6.42 Å². The molecule has 0 bridgehead atoms. The molecule has 19 heavy (non-hydrogen) atoms. The molecule has 1 unspecified atom stereocenters. The molecule has 2 rings (SSSR count). The molecule has 1 saturated heterocycles. The van der Waals surface area contributed by atoms with Crippen molar-refractivity contribution in [1.82, 2.24) is 9.88 Å². The van der Waals surface area contributed by atoms with Crippen LogP contribution < -0.4 is 0 Å². The Hall–Kier alpha value is -1.33. The normalized spacial score (nSPS) is 18.5. The van der Waals surface area contributed by atoms with Gasteiger partial charge in [-0.2, -0.15) is 0 Å². The number of halogens is 2. The molecule has 0 N–H and O–H groups in total. The Kier molecular flexibility index (Phi) is 4.27. The average molecular weight is 303 g/mol. The lowest BCUT2D eigenvalue weighted by atomic mass is 10.2. The van der Waals surface area contributed by atoms with Crippen molar-refractivity contribution in [2.75, 3.05) is 13.7 Å². The number of carbonyl (C=O) groups is 2. The van der Waals surface area contributed by atoms with E-state index in [1.54, 1.807) is 0 Å². The highest BCUT2D eigenvalue weighted by Gasteiger charge is 2.35. The van der Waals surface area contributed by atoms with Crippen molar-refractivity contribution < 1.29 is 14.3 Å². The molecule has 1 aromatic heterocycles. The molecule has 0 radical (unpaired) electrons. The topological polar surface area (TPSA) is 59.5 Å². The monoisotopic (exact) mass is 302 g/mol. The van der Waals surface area contributed by atoms with Crippen molar-refractivity contribution in [3.8, 4) is 0 Å². The largest absolute Gasteiger partial charge is 0.467 e. The van der Waals surface area contributed by atoms with Gasteiger partial charge in [-0.1, -0.05) is 23.2 Å². The van der Waals surface area contributed by atoms with Crippen molar-refractivity contribution in [1.29, 1.82) is 0 Å². The first kappa shape index (κ1) is 14.1. The minimum absolute atomic E-state index is 0.143. The number of hydrogen-bond acceptors (Lipinski definition) is 4. The van der Waals surface area contributed by atoms with Gasteiger partial charge in [0.25, 0.3) is 5.91 Å². The first-order chi connectivity index (χ1) is 9.02. The second-order valence-electron chi connectivity index (χ2n) is 4.18. The van der Waals surface area contributed by atoms with E-state index in [2.05, 4.69) is 4.98 Å². The third-order valence-corrected chi connectivity index (χ3v) is 3.38. The average Bonchev–Trinajstić information content (AvgIpc) is 2.84. The molecular formula is C12H12Cl2N2O3. The molecule has 1 atom stereocenters. The highest BCUT2D eigenvalue weighted by atomic mass is 35.5. The van der Waals surface area contributed by atoms with E-state index in [9.17, 15) is 9.59 Å². The molecule has 7 heteroatoms. The predicted octanol–water partition coefficient (Wildman–Crippen LogP) is 2.17. The highest BCUT2D eigenvalue weighted by Crippen LogP contribution is 2.23. The van der Waals surface area contributed by atoms with Crippen LogP contribution >= 0.6 is 23.2 Å². The maximum atomic E-state index is 12.4. The highest BCUT2D eigenvalue weighted by molar-refractivity contribution is 6.33. The van der Waals surface area contributed by atoms with Gasteiger partial charge in [0.05, 0.1) is 7.11 Å². The lowest BCUT2D eigenvalue weighted by molar-refractivity contribution is -0.145. The van der Waals surface area contributed by atoms with Crippen LogP contribution in [0.15, 0.2) is 12.1 Å². The third kappa shape index (κ3) is 2.98. The Balaban J connectivity index is 2.25. The lowest BCUT2D eigenvalue weighted by Crippen LogP contribution is -2.41. The summed E-state index contributed by atoms with van der Waals surface area (Å²) in [6.45, 7) is 0.510. The van der Waals surface area contributed by atoms with Crippen LogP contribution in [0.3, 0.4) is 0 Å². The SMILES string of the molecule is COC(=O)C1CCCN1C(=O)c1cc(Cl)nc(Cl)c1. The summed E-state index contributed by atoms with van der Waals surface area (Å²) in [7, 11) is 1.31. The first-order valence-electron chi connectivity index (χ1n) is 5.75. The van der Waals surface area contributed by atoms with Gasteiger partial charge in [0.1, 0.15) is 16.3 Å². The molecule has 102 valence electrons. The molecule has 2 heterocycles. The van der Waals surface area contributed by atoms with Gasteiger partial charge in [0.2, 0.25) is 0 Å². The van der Waals surface area contributed by atoms with E-state index in [1.807, 2.05) is 0 Å². The maximum Gasteiger partial charge on any atom is 0.328 e. The second kappa shape index (κ2) is 5.75. The number of amides is 1. The smallest absolute Gasteiger partial charge is 0.328 e. The summed E-state index contributed by atoms with van der Waals surface area (Å²) in [5.74, 6) is -0.698. The number of pyridine rings is 1. The molecule has 1 aliphatic heterocycles. The summed E-state index contributed by atoms with van der Waals surface area (Å²) in [5, 5.41) is 0.286. The molecule has 0 aromatic carbocycles. The van der Waals surface area contributed by atoms with Gasteiger partial charge in [-0.05, 0) is 25.0 Å². The standard InChI is InChI=1S/C12H12Cl2N2O3/c1-19-12(18)8-3-2-4-16(8)11(17)7-5-9(13)15-10(14)6-7/h5-6,8H,2-4H2,1H3. The van der Waals surface area contributed by atoms with Crippen molar-refractivity contribution in [3.05, 3.63) is 28.0 Å². The van der Waals surface area contributed by atoms with E-state index in [0.29, 0.717) is 18.5 Å². The van der Waals surface area contributed by atoms with Gasteiger partial charge < -0.3 is 9.64 Å². The van der Waals surface area contributed by atoms with E-state index in [-0.39, 0.29) is 16.2 Å². The van der Waals surface area contributed by atoms with Crippen LogP contribution in [0.5, 0.6) is 0 Å². The van der Waals surface area contributed by atoms with Gasteiger partial charge in [-0.25, -0.2) is 9.78 Å². The zero-order valence-electron chi connectivity index (χ0n) is 10.2. The fourth-order valence-corrected chi connectivity index (χ4v) is 2.61. The van der Waals surface area contributed by atoms with Gasteiger partial charge in [0, 0.05) is 12.1 Å². The minimum Gasteiger partial charge on any atom is -0.467 e. The van der Waals surface area contributed by atoms with E-state index < -0.39 is 12.0 Å². The van der Waals surface area contributed by atoms with Crippen LogP contribution in [-0.4, -0.2) is 41.5 Å². The number of esters is 1. The third-order valence-electron chi connectivity index (χ3n) is 3.00.